The summed E-state index contributed by atoms with van der Waals surface area (Å²) < 4.78 is 0. The maximum atomic E-state index is 11.5. The van der Waals surface area contributed by atoms with E-state index in [1.807, 2.05) is 12.1 Å². The van der Waals surface area contributed by atoms with Gasteiger partial charge < -0.3 is 4.90 Å². The molecule has 1 heterocycles. The molecule has 80 valence electrons. The molecule has 15 heavy (non-hydrogen) atoms. The summed E-state index contributed by atoms with van der Waals surface area (Å²) in [6, 6.07) is 6.06. The van der Waals surface area contributed by atoms with E-state index in [-0.39, 0.29) is 5.78 Å². The third-order valence-electron chi connectivity index (χ3n) is 3.00. The van der Waals surface area contributed by atoms with Gasteiger partial charge in [0.1, 0.15) is 0 Å². The highest BCUT2D eigenvalue weighted by Gasteiger charge is 2.21. The summed E-state index contributed by atoms with van der Waals surface area (Å²) in [5.74, 6) is 0.185. The van der Waals surface area contributed by atoms with Gasteiger partial charge in [-0.2, -0.15) is 0 Å². The van der Waals surface area contributed by atoms with Crippen LogP contribution in [-0.2, 0) is 6.42 Å². The molecule has 2 heteroatoms. The third-order valence-corrected chi connectivity index (χ3v) is 3.00. The van der Waals surface area contributed by atoms with Crippen LogP contribution in [0.1, 0.15) is 36.2 Å². The number of hydrogen-bond donors (Lipinski definition) is 0. The van der Waals surface area contributed by atoms with Gasteiger partial charge in [0.2, 0.25) is 0 Å². The minimum Gasteiger partial charge on any atom is -0.371 e. The zero-order valence-electron chi connectivity index (χ0n) is 9.42. The van der Waals surface area contributed by atoms with Gasteiger partial charge >= 0.3 is 0 Å². The molecular weight excluding hydrogens is 186 g/mol. The third kappa shape index (κ3) is 1.76. The van der Waals surface area contributed by atoms with Crippen LogP contribution >= 0.6 is 0 Å². The van der Waals surface area contributed by atoms with Crippen LogP contribution < -0.4 is 4.90 Å². The standard InChI is InChI=1S/C13H17NO/c1-3-8-14-9-7-12-11(10(2)15)5-4-6-13(12)14/h4-6H,3,7-9H2,1-2H3. The Balaban J connectivity index is 2.39. The van der Waals surface area contributed by atoms with Gasteiger partial charge in [0.25, 0.3) is 0 Å². The molecule has 0 saturated carbocycles. The lowest BCUT2D eigenvalue weighted by atomic mass is 10.0. The van der Waals surface area contributed by atoms with Crippen molar-refractivity contribution in [1.29, 1.82) is 0 Å². The quantitative estimate of drug-likeness (QED) is 0.704. The predicted octanol–water partition coefficient (Wildman–Crippen LogP) is 2.66. The van der Waals surface area contributed by atoms with Gasteiger partial charge in [0.05, 0.1) is 0 Å². The first kappa shape index (κ1) is 10.2. The molecular formula is C13H17NO. The summed E-state index contributed by atoms with van der Waals surface area (Å²) in [7, 11) is 0. The molecule has 1 aliphatic rings. The summed E-state index contributed by atoms with van der Waals surface area (Å²) in [4.78, 5) is 13.8. The fourth-order valence-electron chi connectivity index (χ4n) is 2.33. The maximum absolute atomic E-state index is 11.5. The van der Waals surface area contributed by atoms with Crippen LogP contribution in [0.4, 0.5) is 5.69 Å². The number of Topliss-reactive ketones (excluding diaryl/α,β-unsaturated/α-hetero) is 1. The van der Waals surface area contributed by atoms with Gasteiger partial charge in [-0.05, 0) is 31.4 Å². The van der Waals surface area contributed by atoms with Gasteiger partial charge in [-0.1, -0.05) is 19.1 Å². The Kier molecular flexibility index (Phi) is 2.76. The Morgan fingerprint density at radius 2 is 2.27 bits per heavy atom. The SMILES string of the molecule is CCCN1CCc2c(C(C)=O)cccc21. The first-order valence-corrected chi connectivity index (χ1v) is 5.61. The molecule has 2 rings (SSSR count). The van der Waals surface area contributed by atoms with Crippen molar-refractivity contribution in [2.24, 2.45) is 0 Å². The van der Waals surface area contributed by atoms with Crippen LogP contribution in [0.25, 0.3) is 0 Å². The number of nitrogens with zero attached hydrogens (tertiary/aromatic N) is 1. The highest BCUT2D eigenvalue weighted by Crippen LogP contribution is 2.30. The van der Waals surface area contributed by atoms with Gasteiger partial charge in [-0.3, -0.25) is 4.79 Å². The summed E-state index contributed by atoms with van der Waals surface area (Å²) in [5, 5.41) is 0. The lowest BCUT2D eigenvalue weighted by molar-refractivity contribution is 0.101. The van der Waals surface area contributed by atoms with Crippen molar-refractivity contribution in [3.05, 3.63) is 29.3 Å². The van der Waals surface area contributed by atoms with Crippen LogP contribution in [0.5, 0.6) is 0 Å². The molecule has 0 unspecified atom stereocenters. The minimum atomic E-state index is 0.185. The molecule has 0 N–H and O–H groups in total. The lowest BCUT2D eigenvalue weighted by Crippen LogP contribution is -2.20. The van der Waals surface area contributed by atoms with Gasteiger partial charge in [-0.15, -0.1) is 0 Å². The molecule has 1 aliphatic heterocycles. The van der Waals surface area contributed by atoms with E-state index in [1.165, 1.54) is 11.3 Å². The van der Waals surface area contributed by atoms with Gasteiger partial charge in [-0.25, -0.2) is 0 Å². The number of anilines is 1. The van der Waals surface area contributed by atoms with Crippen molar-refractivity contribution >= 4 is 11.5 Å². The van der Waals surface area contributed by atoms with E-state index in [0.29, 0.717) is 0 Å². The molecule has 2 nitrogen and oxygen atoms in total. The average molecular weight is 203 g/mol. The second-order valence-corrected chi connectivity index (χ2v) is 4.10. The Morgan fingerprint density at radius 1 is 1.47 bits per heavy atom. The molecule has 0 saturated heterocycles. The van der Waals surface area contributed by atoms with Crippen LogP contribution in [0.3, 0.4) is 0 Å². The number of benzene rings is 1. The molecule has 1 aromatic rings. The molecule has 0 aromatic heterocycles. The van der Waals surface area contributed by atoms with Crippen LogP contribution in [-0.4, -0.2) is 18.9 Å². The van der Waals surface area contributed by atoms with E-state index in [2.05, 4.69) is 17.9 Å². The summed E-state index contributed by atoms with van der Waals surface area (Å²) >= 11 is 0. The second kappa shape index (κ2) is 4.05. The number of hydrogen-bond acceptors (Lipinski definition) is 2. The molecule has 0 spiro atoms. The van der Waals surface area contributed by atoms with E-state index >= 15 is 0 Å². The van der Waals surface area contributed by atoms with E-state index in [9.17, 15) is 4.79 Å². The van der Waals surface area contributed by atoms with Crippen LogP contribution in [0, 0.1) is 0 Å². The number of fused-ring (bicyclic) bond motifs is 1. The molecule has 0 amide bonds. The van der Waals surface area contributed by atoms with Gasteiger partial charge in [0.15, 0.2) is 5.78 Å². The van der Waals surface area contributed by atoms with Crippen LogP contribution in [0.2, 0.25) is 0 Å². The smallest absolute Gasteiger partial charge is 0.160 e. The Hall–Kier alpha value is -1.31. The highest BCUT2D eigenvalue weighted by molar-refractivity contribution is 5.97. The van der Waals surface area contributed by atoms with Crippen molar-refractivity contribution in [3.63, 3.8) is 0 Å². The number of carbonyl (C=O) groups is 1. The monoisotopic (exact) mass is 203 g/mol. The summed E-state index contributed by atoms with van der Waals surface area (Å²) in [5.41, 5.74) is 3.43. The van der Waals surface area contributed by atoms with Crippen LogP contribution in [0.15, 0.2) is 18.2 Å². The van der Waals surface area contributed by atoms with E-state index in [4.69, 9.17) is 0 Å². The van der Waals surface area contributed by atoms with Crippen molar-refractivity contribution in [2.75, 3.05) is 18.0 Å². The number of ketones is 1. The first-order chi connectivity index (χ1) is 7.24. The molecule has 0 aliphatic carbocycles. The number of rotatable bonds is 3. The van der Waals surface area contributed by atoms with Crippen molar-refractivity contribution in [2.45, 2.75) is 26.7 Å². The summed E-state index contributed by atoms with van der Waals surface area (Å²) in [6.07, 6.45) is 2.18. The molecule has 0 bridgehead atoms. The normalized spacial score (nSPS) is 14.1. The largest absolute Gasteiger partial charge is 0.371 e. The maximum Gasteiger partial charge on any atom is 0.160 e. The Labute approximate surface area is 90.9 Å². The van der Waals surface area contributed by atoms with E-state index < -0.39 is 0 Å². The second-order valence-electron chi connectivity index (χ2n) is 4.10. The molecule has 0 fully saturated rings. The lowest BCUT2D eigenvalue weighted by Gasteiger charge is -2.18. The molecule has 1 aromatic carbocycles. The fourth-order valence-corrected chi connectivity index (χ4v) is 2.33. The zero-order chi connectivity index (χ0) is 10.8. The van der Waals surface area contributed by atoms with Gasteiger partial charge in [0, 0.05) is 24.3 Å². The summed E-state index contributed by atoms with van der Waals surface area (Å²) in [6.45, 7) is 5.99. The van der Waals surface area contributed by atoms with E-state index in [1.54, 1.807) is 6.92 Å². The topological polar surface area (TPSA) is 20.3 Å². The Bertz CT molecular complexity index is 384. The molecule has 0 radical (unpaired) electrons. The zero-order valence-corrected chi connectivity index (χ0v) is 9.42. The minimum absolute atomic E-state index is 0.185. The molecule has 0 atom stereocenters. The predicted molar refractivity (Wildman–Crippen MR) is 62.7 cm³/mol. The van der Waals surface area contributed by atoms with E-state index in [0.717, 1.165) is 31.5 Å². The first-order valence-electron chi connectivity index (χ1n) is 5.61. The van der Waals surface area contributed by atoms with Crippen molar-refractivity contribution in [3.8, 4) is 0 Å². The fraction of sp³-hybridized carbons (Fsp3) is 0.462. The number of carbonyl (C=O) groups excluding carboxylic acids is 1. The average Bonchev–Trinajstić information content (AvgIpc) is 2.62. The Morgan fingerprint density at radius 3 is 2.93 bits per heavy atom. The van der Waals surface area contributed by atoms with Crippen molar-refractivity contribution in [1.82, 2.24) is 0 Å². The highest BCUT2D eigenvalue weighted by atomic mass is 16.1. The van der Waals surface area contributed by atoms with Crippen molar-refractivity contribution < 1.29 is 4.79 Å².